The lowest BCUT2D eigenvalue weighted by molar-refractivity contribution is -0.139. The van der Waals surface area contributed by atoms with E-state index in [1.165, 1.54) is 0 Å². The molecule has 4 amide bonds. The number of hydrogen-bond acceptors (Lipinski definition) is 4. The van der Waals surface area contributed by atoms with Crippen molar-refractivity contribution in [1.82, 2.24) is 20.7 Å². The van der Waals surface area contributed by atoms with Crippen LogP contribution in [0, 0.1) is 0 Å². The highest BCUT2D eigenvalue weighted by atomic mass is 16.2. The summed E-state index contributed by atoms with van der Waals surface area (Å²) in [7, 11) is 0. The van der Waals surface area contributed by atoms with Gasteiger partial charge in [-0.1, -0.05) is 37.3 Å². The highest BCUT2D eigenvalue weighted by molar-refractivity contribution is 6.07. The first kappa shape index (κ1) is 17.4. The number of rotatable bonds is 7. The summed E-state index contributed by atoms with van der Waals surface area (Å²) in [6.07, 6.45) is 2.60. The second-order valence-corrected chi connectivity index (χ2v) is 6.91. The molecule has 134 valence electrons. The summed E-state index contributed by atoms with van der Waals surface area (Å²) in [4.78, 5) is 38.8. The van der Waals surface area contributed by atoms with E-state index in [-0.39, 0.29) is 12.5 Å². The highest BCUT2D eigenvalue weighted by Crippen LogP contribution is 2.28. The number of nitrogens with zero attached hydrogens (tertiary/aromatic N) is 2. The molecule has 1 aliphatic heterocycles. The molecular weight excluding hydrogens is 320 g/mol. The number of carbonyl (C=O) groups excluding carboxylic acids is 3. The molecular formula is C18H24N4O3. The molecule has 1 aromatic carbocycles. The number of urea groups is 1. The van der Waals surface area contributed by atoms with E-state index < -0.39 is 17.5 Å². The molecule has 1 atom stereocenters. The Morgan fingerprint density at radius 3 is 2.56 bits per heavy atom. The molecule has 7 nitrogen and oxygen atoms in total. The van der Waals surface area contributed by atoms with Crippen molar-refractivity contribution in [2.24, 2.45) is 0 Å². The first-order chi connectivity index (χ1) is 11.9. The van der Waals surface area contributed by atoms with Gasteiger partial charge in [-0.25, -0.2) is 4.79 Å². The van der Waals surface area contributed by atoms with Crippen molar-refractivity contribution in [1.29, 1.82) is 0 Å². The Bertz CT molecular complexity index is 674. The van der Waals surface area contributed by atoms with Crippen molar-refractivity contribution in [3.63, 3.8) is 0 Å². The zero-order chi connectivity index (χ0) is 18.0. The average Bonchev–Trinajstić information content (AvgIpc) is 3.41. The Hall–Kier alpha value is -2.41. The van der Waals surface area contributed by atoms with Gasteiger partial charge in [-0.15, -0.1) is 0 Å². The normalized spacial score (nSPS) is 23.1. The van der Waals surface area contributed by atoms with Gasteiger partial charge in [0.1, 0.15) is 5.54 Å². The molecule has 2 N–H and O–H groups in total. The van der Waals surface area contributed by atoms with Crippen molar-refractivity contribution in [3.05, 3.63) is 35.9 Å². The molecule has 3 rings (SSSR count). The van der Waals surface area contributed by atoms with Crippen LogP contribution in [0.1, 0.15) is 38.7 Å². The van der Waals surface area contributed by atoms with Gasteiger partial charge in [0, 0.05) is 12.6 Å². The molecule has 1 aromatic rings. The van der Waals surface area contributed by atoms with Crippen LogP contribution in [-0.4, -0.2) is 45.9 Å². The fraction of sp³-hybridized carbons (Fsp3) is 0.500. The van der Waals surface area contributed by atoms with Crippen molar-refractivity contribution in [3.8, 4) is 0 Å². The Kier molecular flexibility index (Phi) is 4.76. The molecule has 25 heavy (non-hydrogen) atoms. The summed E-state index contributed by atoms with van der Waals surface area (Å²) in [5.74, 6) is -0.777. The molecule has 7 heteroatoms. The number of nitrogens with one attached hydrogen (secondary N) is 2. The van der Waals surface area contributed by atoms with Gasteiger partial charge in [-0.05, 0) is 31.7 Å². The fourth-order valence-electron chi connectivity index (χ4n) is 2.94. The van der Waals surface area contributed by atoms with Crippen LogP contribution >= 0.6 is 0 Å². The zero-order valence-corrected chi connectivity index (χ0v) is 14.6. The molecule has 1 saturated carbocycles. The molecule has 0 aromatic heterocycles. The first-order valence-corrected chi connectivity index (χ1v) is 8.67. The maximum atomic E-state index is 12.4. The van der Waals surface area contributed by atoms with Gasteiger partial charge in [0.25, 0.3) is 11.8 Å². The van der Waals surface area contributed by atoms with Crippen LogP contribution in [0.5, 0.6) is 0 Å². The number of hydrazine groups is 1. The maximum Gasteiger partial charge on any atom is 0.344 e. The quantitative estimate of drug-likeness (QED) is 0.733. The zero-order valence-electron chi connectivity index (χ0n) is 14.6. The van der Waals surface area contributed by atoms with E-state index in [2.05, 4.69) is 15.6 Å². The standard InChI is InChI=1S/C18H24N4O3/c1-3-18(2)16(24)22(17(25)19-18)20-15(23)12-21(14-9-10-14)11-13-7-5-4-6-8-13/h4-8,14H,3,9-12H2,1-2H3,(H,19,25)(H,20,23)/t18-/m0/s1. The molecule has 1 saturated heterocycles. The third-order valence-electron chi connectivity index (χ3n) is 4.84. The van der Waals surface area contributed by atoms with Gasteiger partial charge in [0.05, 0.1) is 6.54 Å². The van der Waals surface area contributed by atoms with Crippen LogP contribution in [0.3, 0.4) is 0 Å². The largest absolute Gasteiger partial charge is 0.344 e. The van der Waals surface area contributed by atoms with Crippen molar-refractivity contribution >= 4 is 17.8 Å². The summed E-state index contributed by atoms with van der Waals surface area (Å²) in [6, 6.07) is 9.76. The SMILES string of the molecule is CC[C@]1(C)NC(=O)N(NC(=O)CN(Cc2ccccc2)C2CC2)C1=O. The van der Waals surface area contributed by atoms with E-state index in [0.717, 1.165) is 23.4 Å². The summed E-state index contributed by atoms with van der Waals surface area (Å²) in [5, 5.41) is 3.43. The minimum absolute atomic E-state index is 0.152. The van der Waals surface area contributed by atoms with Crippen LogP contribution in [0.2, 0.25) is 0 Å². The Morgan fingerprint density at radius 1 is 1.32 bits per heavy atom. The number of carbonyl (C=O) groups is 3. The number of benzene rings is 1. The number of hydrogen-bond donors (Lipinski definition) is 2. The van der Waals surface area contributed by atoms with Crippen molar-refractivity contribution < 1.29 is 14.4 Å². The van der Waals surface area contributed by atoms with Crippen molar-refractivity contribution in [2.75, 3.05) is 6.54 Å². The fourth-order valence-corrected chi connectivity index (χ4v) is 2.94. The van der Waals surface area contributed by atoms with Crippen molar-refractivity contribution in [2.45, 2.75) is 51.2 Å². The van der Waals surface area contributed by atoms with E-state index in [0.29, 0.717) is 19.0 Å². The van der Waals surface area contributed by atoms with E-state index in [9.17, 15) is 14.4 Å². The third kappa shape index (κ3) is 3.82. The second-order valence-electron chi connectivity index (χ2n) is 6.91. The Morgan fingerprint density at radius 2 is 2.00 bits per heavy atom. The van der Waals surface area contributed by atoms with Crippen LogP contribution in [0.25, 0.3) is 0 Å². The minimum Gasteiger partial charge on any atom is -0.322 e. The lowest BCUT2D eigenvalue weighted by Gasteiger charge is -2.23. The van der Waals surface area contributed by atoms with Gasteiger partial charge in [-0.2, -0.15) is 5.01 Å². The summed E-state index contributed by atoms with van der Waals surface area (Å²) in [6.45, 7) is 4.30. The van der Waals surface area contributed by atoms with Crippen LogP contribution in [0.15, 0.2) is 30.3 Å². The highest BCUT2D eigenvalue weighted by Gasteiger charge is 2.47. The van der Waals surface area contributed by atoms with E-state index in [1.807, 2.05) is 37.3 Å². The van der Waals surface area contributed by atoms with Gasteiger partial charge in [-0.3, -0.25) is 19.9 Å². The first-order valence-electron chi connectivity index (χ1n) is 8.67. The lowest BCUT2D eigenvalue weighted by atomic mass is 10.00. The molecule has 0 spiro atoms. The van der Waals surface area contributed by atoms with Gasteiger partial charge < -0.3 is 5.32 Å². The molecule has 1 aliphatic carbocycles. The van der Waals surface area contributed by atoms with Gasteiger partial charge >= 0.3 is 6.03 Å². The minimum atomic E-state index is -0.954. The number of amides is 4. The van der Waals surface area contributed by atoms with E-state index in [1.54, 1.807) is 6.92 Å². The molecule has 2 fully saturated rings. The molecule has 0 bridgehead atoms. The van der Waals surface area contributed by atoms with Gasteiger partial charge in [0.15, 0.2) is 0 Å². The summed E-state index contributed by atoms with van der Waals surface area (Å²) < 4.78 is 0. The van der Waals surface area contributed by atoms with E-state index >= 15 is 0 Å². The van der Waals surface area contributed by atoms with Gasteiger partial charge in [0.2, 0.25) is 0 Å². The van der Waals surface area contributed by atoms with Crippen LogP contribution in [0.4, 0.5) is 4.79 Å². The lowest BCUT2D eigenvalue weighted by Crippen LogP contribution is -2.51. The molecule has 2 aliphatic rings. The maximum absolute atomic E-state index is 12.4. The molecule has 0 radical (unpaired) electrons. The molecule has 0 unspecified atom stereocenters. The summed E-state index contributed by atoms with van der Waals surface area (Å²) in [5.41, 5.74) is 2.64. The van der Waals surface area contributed by atoms with E-state index in [4.69, 9.17) is 0 Å². The molecule has 1 heterocycles. The Labute approximate surface area is 147 Å². The third-order valence-corrected chi connectivity index (χ3v) is 4.84. The Balaban J connectivity index is 1.61. The van der Waals surface area contributed by atoms with Crippen LogP contribution < -0.4 is 10.7 Å². The monoisotopic (exact) mass is 344 g/mol. The predicted octanol–water partition coefficient (Wildman–Crippen LogP) is 1.40. The summed E-state index contributed by atoms with van der Waals surface area (Å²) >= 11 is 0. The second kappa shape index (κ2) is 6.84. The smallest absolute Gasteiger partial charge is 0.322 e. The average molecular weight is 344 g/mol. The number of imide groups is 1. The van der Waals surface area contributed by atoms with Crippen LogP contribution in [-0.2, 0) is 16.1 Å². The predicted molar refractivity (Wildman–Crippen MR) is 92.1 cm³/mol. The topological polar surface area (TPSA) is 81.8 Å².